The van der Waals surface area contributed by atoms with Crippen molar-refractivity contribution in [1.29, 1.82) is 0 Å². The zero-order chi connectivity index (χ0) is 20.5. The van der Waals surface area contributed by atoms with Crippen LogP contribution in [0.1, 0.15) is 77.0 Å². The molecule has 0 aromatic heterocycles. The third-order valence-electron chi connectivity index (χ3n) is 5.99. The number of carbonyl (C=O) groups excluding carboxylic acids is 4. The lowest BCUT2D eigenvalue weighted by Gasteiger charge is -2.21. The van der Waals surface area contributed by atoms with E-state index in [1.807, 2.05) is 0 Å². The van der Waals surface area contributed by atoms with Crippen LogP contribution >= 0.6 is 0 Å². The van der Waals surface area contributed by atoms with Gasteiger partial charge in [0.2, 0.25) is 11.8 Å². The van der Waals surface area contributed by atoms with Crippen LogP contribution in [0.15, 0.2) is 0 Å². The summed E-state index contributed by atoms with van der Waals surface area (Å²) >= 11 is 0. The molecule has 2 fully saturated rings. The molecule has 0 saturated carbocycles. The average Bonchev–Trinajstić information content (AvgIpc) is 2.94. The second kappa shape index (κ2) is 11.0. The summed E-state index contributed by atoms with van der Waals surface area (Å²) in [7, 11) is 0. The van der Waals surface area contributed by atoms with E-state index in [0.717, 1.165) is 77.0 Å². The number of nitrogens with zero attached hydrogens (tertiary/aromatic N) is 2. The van der Waals surface area contributed by atoms with Gasteiger partial charge in [0.25, 0.3) is 0 Å². The Bertz CT molecular complexity index is 531. The average molecular weight is 395 g/mol. The van der Waals surface area contributed by atoms with Crippen molar-refractivity contribution in [2.24, 2.45) is 23.3 Å². The number of rotatable bonds is 7. The van der Waals surface area contributed by atoms with Crippen LogP contribution in [0.5, 0.6) is 0 Å². The van der Waals surface area contributed by atoms with Crippen molar-refractivity contribution in [2.45, 2.75) is 77.0 Å². The van der Waals surface area contributed by atoms with Gasteiger partial charge in [-0.2, -0.15) is 0 Å². The number of hydrogen-bond donors (Lipinski definition) is 2. The third kappa shape index (κ3) is 6.21. The fraction of sp³-hybridized carbons (Fsp3) is 0.800. The molecule has 8 nitrogen and oxygen atoms in total. The number of nitrogens with two attached hydrogens (primary N) is 2. The Hall–Kier alpha value is -2.12. The monoisotopic (exact) mass is 394 g/mol. The summed E-state index contributed by atoms with van der Waals surface area (Å²) in [5, 5.41) is 0. The Morgan fingerprint density at radius 2 is 1.11 bits per heavy atom. The van der Waals surface area contributed by atoms with E-state index in [1.54, 1.807) is 0 Å². The zero-order valence-corrected chi connectivity index (χ0v) is 16.7. The number of urea groups is 2. The number of imide groups is 2. The van der Waals surface area contributed by atoms with E-state index in [1.165, 1.54) is 9.80 Å². The summed E-state index contributed by atoms with van der Waals surface area (Å²) in [6, 6.07) is -1.29. The third-order valence-corrected chi connectivity index (χ3v) is 5.99. The lowest BCUT2D eigenvalue weighted by Crippen LogP contribution is -2.43. The van der Waals surface area contributed by atoms with E-state index in [-0.39, 0.29) is 23.7 Å². The van der Waals surface area contributed by atoms with Crippen LogP contribution < -0.4 is 11.5 Å². The Labute approximate surface area is 167 Å². The molecule has 8 heteroatoms. The van der Waals surface area contributed by atoms with Gasteiger partial charge in [-0.1, -0.05) is 38.5 Å². The normalized spacial score (nSPS) is 24.0. The van der Waals surface area contributed by atoms with Crippen LogP contribution in [0.3, 0.4) is 0 Å². The summed E-state index contributed by atoms with van der Waals surface area (Å²) in [4.78, 5) is 50.0. The molecule has 6 amide bonds. The molecular formula is C20H34N4O4. The van der Waals surface area contributed by atoms with Gasteiger partial charge >= 0.3 is 12.1 Å². The first-order valence-electron chi connectivity index (χ1n) is 10.6. The molecule has 2 aliphatic heterocycles. The van der Waals surface area contributed by atoms with Crippen LogP contribution in [-0.4, -0.2) is 46.8 Å². The van der Waals surface area contributed by atoms with Crippen molar-refractivity contribution >= 4 is 23.9 Å². The second-order valence-corrected chi connectivity index (χ2v) is 8.03. The fourth-order valence-corrected chi connectivity index (χ4v) is 4.34. The number of primary amides is 2. The van der Waals surface area contributed by atoms with Gasteiger partial charge in [0.15, 0.2) is 0 Å². The maximum Gasteiger partial charge on any atom is 0.321 e. The van der Waals surface area contributed by atoms with E-state index in [2.05, 4.69) is 0 Å². The van der Waals surface area contributed by atoms with Crippen molar-refractivity contribution in [1.82, 2.24) is 9.80 Å². The molecule has 2 atom stereocenters. The minimum absolute atomic E-state index is 0.109. The largest absolute Gasteiger partial charge is 0.351 e. The highest BCUT2D eigenvalue weighted by Crippen LogP contribution is 2.25. The second-order valence-electron chi connectivity index (χ2n) is 8.03. The quantitative estimate of drug-likeness (QED) is 0.644. The van der Waals surface area contributed by atoms with E-state index in [0.29, 0.717) is 13.1 Å². The van der Waals surface area contributed by atoms with Crippen molar-refractivity contribution in [3.8, 4) is 0 Å². The van der Waals surface area contributed by atoms with Gasteiger partial charge < -0.3 is 11.5 Å². The minimum Gasteiger partial charge on any atom is -0.351 e. The maximum absolute atomic E-state index is 12.4. The predicted octanol–water partition coefficient (Wildman–Crippen LogP) is 2.74. The first-order chi connectivity index (χ1) is 13.4. The number of likely N-dealkylation sites (tertiary alicyclic amines) is 2. The summed E-state index contributed by atoms with van der Waals surface area (Å²) in [6.07, 6.45) is 10.6. The lowest BCUT2D eigenvalue weighted by atomic mass is 9.93. The van der Waals surface area contributed by atoms with Crippen molar-refractivity contribution in [2.75, 3.05) is 13.1 Å². The Morgan fingerprint density at radius 1 is 0.714 bits per heavy atom. The first-order valence-corrected chi connectivity index (χ1v) is 10.6. The lowest BCUT2D eigenvalue weighted by molar-refractivity contribution is -0.133. The Balaban J connectivity index is 1.68. The van der Waals surface area contributed by atoms with E-state index >= 15 is 0 Å². The molecule has 0 aliphatic carbocycles. The summed E-state index contributed by atoms with van der Waals surface area (Å²) in [6.45, 7) is 0.866. The van der Waals surface area contributed by atoms with Gasteiger partial charge in [-0.15, -0.1) is 0 Å². The highest BCUT2D eigenvalue weighted by Gasteiger charge is 2.30. The van der Waals surface area contributed by atoms with Crippen LogP contribution in [0.4, 0.5) is 9.59 Å². The van der Waals surface area contributed by atoms with Gasteiger partial charge in [0, 0.05) is 24.9 Å². The van der Waals surface area contributed by atoms with Crippen molar-refractivity contribution in [3.63, 3.8) is 0 Å². The number of hydrogen-bond acceptors (Lipinski definition) is 4. The molecule has 158 valence electrons. The SMILES string of the molecule is NC(=O)N1CCCCC(CCCCCCC2CCCCN(C(N)=O)C2=O)C1=O. The van der Waals surface area contributed by atoms with Gasteiger partial charge in [0.1, 0.15) is 0 Å². The molecule has 0 bridgehead atoms. The standard InChI is InChI=1S/C20H34N4O4/c21-19(27)23-13-7-5-11-15(17(23)25)9-3-1-2-4-10-16-12-6-8-14-24(18(16)26)20(22)28/h15-16H,1-14H2,(H2,21,27)(H2,22,28). The molecule has 0 aromatic carbocycles. The molecule has 0 radical (unpaired) electrons. The molecule has 28 heavy (non-hydrogen) atoms. The van der Waals surface area contributed by atoms with Crippen molar-refractivity contribution < 1.29 is 19.2 Å². The minimum atomic E-state index is -0.644. The van der Waals surface area contributed by atoms with Gasteiger partial charge in [-0.05, 0) is 38.5 Å². The Kier molecular flexibility index (Phi) is 8.73. The van der Waals surface area contributed by atoms with Gasteiger partial charge in [-0.3, -0.25) is 19.4 Å². The fourth-order valence-electron chi connectivity index (χ4n) is 4.34. The van der Waals surface area contributed by atoms with Crippen LogP contribution in [-0.2, 0) is 9.59 Å². The van der Waals surface area contributed by atoms with Crippen LogP contribution in [0.2, 0.25) is 0 Å². The molecule has 2 aliphatic rings. The molecule has 2 saturated heterocycles. The Morgan fingerprint density at radius 3 is 1.46 bits per heavy atom. The summed E-state index contributed by atoms with van der Waals surface area (Å²) in [5.74, 6) is -0.466. The molecule has 0 aromatic rings. The van der Waals surface area contributed by atoms with Crippen LogP contribution in [0.25, 0.3) is 0 Å². The zero-order valence-electron chi connectivity index (χ0n) is 16.7. The number of unbranched alkanes of at least 4 members (excludes halogenated alkanes) is 3. The topological polar surface area (TPSA) is 127 Å². The first kappa shape index (κ1) is 22.2. The summed E-state index contributed by atoms with van der Waals surface area (Å²) in [5.41, 5.74) is 10.6. The van der Waals surface area contributed by atoms with Crippen molar-refractivity contribution in [3.05, 3.63) is 0 Å². The highest BCUT2D eigenvalue weighted by atomic mass is 16.2. The number of amides is 6. The molecule has 4 N–H and O–H groups in total. The molecule has 2 unspecified atom stereocenters. The predicted molar refractivity (Wildman–Crippen MR) is 105 cm³/mol. The van der Waals surface area contributed by atoms with E-state index < -0.39 is 12.1 Å². The molecule has 2 heterocycles. The summed E-state index contributed by atoms with van der Waals surface area (Å²) < 4.78 is 0. The van der Waals surface area contributed by atoms with Gasteiger partial charge in [0.05, 0.1) is 0 Å². The molecular weight excluding hydrogens is 360 g/mol. The molecule has 0 spiro atoms. The van der Waals surface area contributed by atoms with E-state index in [9.17, 15) is 19.2 Å². The highest BCUT2D eigenvalue weighted by molar-refractivity contribution is 5.95. The smallest absolute Gasteiger partial charge is 0.321 e. The molecule has 2 rings (SSSR count). The number of carbonyl (C=O) groups is 4. The van der Waals surface area contributed by atoms with Crippen LogP contribution in [0, 0.1) is 11.8 Å². The van der Waals surface area contributed by atoms with E-state index in [4.69, 9.17) is 11.5 Å². The van der Waals surface area contributed by atoms with Gasteiger partial charge in [-0.25, -0.2) is 9.59 Å². The maximum atomic E-state index is 12.4.